The monoisotopic (exact) mass is 320 g/mol. The summed E-state index contributed by atoms with van der Waals surface area (Å²) >= 11 is 0. The Hall–Kier alpha value is -2.37. The predicted octanol–water partition coefficient (Wildman–Crippen LogP) is 2.35. The summed E-state index contributed by atoms with van der Waals surface area (Å²) < 4.78 is 5.01. The molecule has 1 aromatic rings. The third-order valence-electron chi connectivity index (χ3n) is 2.98. The molecule has 0 fully saturated rings. The van der Waals surface area contributed by atoms with Gasteiger partial charge in [0.2, 0.25) is 0 Å². The van der Waals surface area contributed by atoms with E-state index in [2.05, 4.69) is 10.6 Å². The summed E-state index contributed by atoms with van der Waals surface area (Å²) in [5.41, 5.74) is 0.382. The number of urea groups is 1. The molecule has 0 spiro atoms. The molecule has 1 aromatic carbocycles. The molecule has 0 aliphatic carbocycles. The minimum atomic E-state index is -0.664. The van der Waals surface area contributed by atoms with Crippen LogP contribution in [-0.2, 0) is 14.3 Å². The molecule has 0 aliphatic heterocycles. The van der Waals surface area contributed by atoms with E-state index in [1.54, 1.807) is 20.8 Å². The Morgan fingerprint density at radius 3 is 2.26 bits per heavy atom. The van der Waals surface area contributed by atoms with E-state index in [0.717, 1.165) is 5.56 Å². The number of carbonyl (C=O) groups is 3. The lowest BCUT2D eigenvalue weighted by Crippen LogP contribution is -2.49. The number of imide groups is 1. The minimum Gasteiger partial charge on any atom is -0.455 e. The molecular formula is C17H24N2O4. The molecule has 23 heavy (non-hydrogen) atoms. The fourth-order valence-electron chi connectivity index (χ4n) is 2.00. The first-order valence-corrected chi connectivity index (χ1v) is 7.56. The molecular weight excluding hydrogens is 296 g/mol. The van der Waals surface area contributed by atoms with Crippen molar-refractivity contribution in [1.82, 2.24) is 10.6 Å². The number of nitrogens with one attached hydrogen (secondary N) is 2. The van der Waals surface area contributed by atoms with Gasteiger partial charge < -0.3 is 10.1 Å². The Kier molecular flexibility index (Phi) is 6.75. The molecule has 0 saturated heterocycles. The van der Waals surface area contributed by atoms with E-state index >= 15 is 0 Å². The number of esters is 1. The van der Waals surface area contributed by atoms with Gasteiger partial charge in [0.1, 0.15) is 0 Å². The number of rotatable bonds is 5. The van der Waals surface area contributed by atoms with Gasteiger partial charge >= 0.3 is 12.0 Å². The number of ether oxygens (including phenoxy) is 1. The van der Waals surface area contributed by atoms with Crippen LogP contribution in [0.1, 0.15) is 45.6 Å². The van der Waals surface area contributed by atoms with E-state index < -0.39 is 36.0 Å². The number of carbonyl (C=O) groups excluding carboxylic acids is 3. The van der Waals surface area contributed by atoms with Gasteiger partial charge in [-0.15, -0.1) is 0 Å². The molecule has 0 aliphatic rings. The lowest BCUT2D eigenvalue weighted by atomic mass is 9.97. The molecule has 0 bridgehead atoms. The summed E-state index contributed by atoms with van der Waals surface area (Å²) in [6.45, 7) is 6.77. The zero-order chi connectivity index (χ0) is 17.5. The third kappa shape index (κ3) is 6.95. The number of benzene rings is 1. The molecule has 1 rings (SSSR count). The normalized spacial score (nSPS) is 12.2. The van der Waals surface area contributed by atoms with Crippen LogP contribution in [0.25, 0.3) is 0 Å². The van der Waals surface area contributed by atoms with Crippen LogP contribution in [0.2, 0.25) is 0 Å². The summed E-state index contributed by atoms with van der Waals surface area (Å²) in [5.74, 6) is -1.57. The van der Waals surface area contributed by atoms with Crippen molar-refractivity contribution in [2.45, 2.75) is 45.6 Å². The van der Waals surface area contributed by atoms with Crippen molar-refractivity contribution in [2.24, 2.45) is 0 Å². The second kappa shape index (κ2) is 8.31. The Bertz CT molecular complexity index is 549. The van der Waals surface area contributed by atoms with Gasteiger partial charge in [-0.1, -0.05) is 37.3 Å². The maximum absolute atomic E-state index is 12.1. The average Bonchev–Trinajstić information content (AvgIpc) is 2.45. The summed E-state index contributed by atoms with van der Waals surface area (Å²) in [7, 11) is 0. The van der Waals surface area contributed by atoms with E-state index in [0.29, 0.717) is 6.42 Å². The second-order valence-corrected chi connectivity index (χ2v) is 6.23. The average molecular weight is 320 g/mol. The zero-order valence-electron chi connectivity index (χ0n) is 14.0. The van der Waals surface area contributed by atoms with Crippen molar-refractivity contribution in [2.75, 3.05) is 6.61 Å². The summed E-state index contributed by atoms with van der Waals surface area (Å²) in [4.78, 5) is 35.3. The van der Waals surface area contributed by atoms with Crippen LogP contribution < -0.4 is 10.6 Å². The quantitative estimate of drug-likeness (QED) is 0.816. The molecule has 0 radical (unpaired) electrons. The SMILES string of the molecule is CC[C@H](C(=O)OCC(=O)NC(=O)NC(C)(C)C)c1ccccc1. The maximum Gasteiger partial charge on any atom is 0.321 e. The smallest absolute Gasteiger partial charge is 0.321 e. The molecule has 1 atom stereocenters. The number of hydrogen-bond donors (Lipinski definition) is 2. The largest absolute Gasteiger partial charge is 0.455 e. The first-order chi connectivity index (χ1) is 10.7. The van der Waals surface area contributed by atoms with Crippen molar-refractivity contribution in [3.05, 3.63) is 35.9 Å². The Morgan fingerprint density at radius 1 is 1.13 bits per heavy atom. The molecule has 6 nitrogen and oxygen atoms in total. The molecule has 6 heteroatoms. The van der Waals surface area contributed by atoms with Crippen molar-refractivity contribution in [3.8, 4) is 0 Å². The van der Waals surface area contributed by atoms with Gasteiger partial charge in [0.05, 0.1) is 5.92 Å². The highest BCUT2D eigenvalue weighted by Crippen LogP contribution is 2.20. The molecule has 3 amide bonds. The Balaban J connectivity index is 2.48. The van der Waals surface area contributed by atoms with E-state index in [-0.39, 0.29) is 0 Å². The fraction of sp³-hybridized carbons (Fsp3) is 0.471. The zero-order valence-corrected chi connectivity index (χ0v) is 14.0. The Labute approximate surface area is 136 Å². The van der Waals surface area contributed by atoms with Crippen LogP contribution in [0, 0.1) is 0 Å². The van der Waals surface area contributed by atoms with Crippen LogP contribution in [0.5, 0.6) is 0 Å². The first kappa shape index (κ1) is 18.7. The van der Waals surface area contributed by atoms with E-state index in [9.17, 15) is 14.4 Å². The van der Waals surface area contributed by atoms with Gasteiger partial charge in [-0.3, -0.25) is 14.9 Å². The highest BCUT2D eigenvalue weighted by atomic mass is 16.5. The van der Waals surface area contributed by atoms with Gasteiger partial charge in [0, 0.05) is 5.54 Å². The number of amides is 3. The van der Waals surface area contributed by atoms with E-state index in [4.69, 9.17) is 4.74 Å². The van der Waals surface area contributed by atoms with Gasteiger partial charge in [0.25, 0.3) is 5.91 Å². The standard InChI is InChI=1S/C17H24N2O4/c1-5-13(12-9-7-6-8-10-12)15(21)23-11-14(20)18-16(22)19-17(2,3)4/h6-10,13H,5,11H2,1-4H3,(H2,18,19,20,22)/t13-/m0/s1. The Morgan fingerprint density at radius 2 is 1.74 bits per heavy atom. The fourth-order valence-corrected chi connectivity index (χ4v) is 2.00. The van der Waals surface area contributed by atoms with Crippen molar-refractivity contribution < 1.29 is 19.1 Å². The minimum absolute atomic E-state index is 0.424. The lowest BCUT2D eigenvalue weighted by Gasteiger charge is -2.20. The van der Waals surface area contributed by atoms with Gasteiger partial charge in [-0.2, -0.15) is 0 Å². The molecule has 2 N–H and O–H groups in total. The van der Waals surface area contributed by atoms with Crippen molar-refractivity contribution >= 4 is 17.9 Å². The van der Waals surface area contributed by atoms with Gasteiger partial charge in [-0.05, 0) is 32.8 Å². The highest BCUT2D eigenvalue weighted by molar-refractivity contribution is 5.96. The molecule has 0 unspecified atom stereocenters. The van der Waals surface area contributed by atoms with Gasteiger partial charge in [0.15, 0.2) is 6.61 Å². The van der Waals surface area contributed by atoms with Crippen molar-refractivity contribution in [1.29, 1.82) is 0 Å². The number of hydrogen-bond acceptors (Lipinski definition) is 4. The molecule has 0 heterocycles. The maximum atomic E-state index is 12.1. The first-order valence-electron chi connectivity index (χ1n) is 7.56. The summed E-state index contributed by atoms with van der Waals surface area (Å²) in [5, 5.41) is 4.71. The summed E-state index contributed by atoms with van der Waals surface area (Å²) in [6, 6.07) is 8.61. The predicted molar refractivity (Wildman–Crippen MR) is 86.9 cm³/mol. The van der Waals surface area contributed by atoms with Crippen molar-refractivity contribution in [3.63, 3.8) is 0 Å². The lowest BCUT2D eigenvalue weighted by molar-refractivity contribution is -0.149. The topological polar surface area (TPSA) is 84.5 Å². The third-order valence-corrected chi connectivity index (χ3v) is 2.98. The van der Waals surface area contributed by atoms with Crippen LogP contribution >= 0.6 is 0 Å². The molecule has 126 valence electrons. The second-order valence-electron chi connectivity index (χ2n) is 6.23. The van der Waals surface area contributed by atoms with Crippen LogP contribution in [0.15, 0.2) is 30.3 Å². The highest BCUT2D eigenvalue weighted by Gasteiger charge is 2.22. The van der Waals surface area contributed by atoms with Crippen LogP contribution in [-0.4, -0.2) is 30.1 Å². The van der Waals surface area contributed by atoms with Crippen LogP contribution in [0.3, 0.4) is 0 Å². The molecule has 0 aromatic heterocycles. The van der Waals surface area contributed by atoms with Crippen LogP contribution in [0.4, 0.5) is 4.79 Å². The van der Waals surface area contributed by atoms with Gasteiger partial charge in [-0.25, -0.2) is 4.79 Å². The van der Waals surface area contributed by atoms with E-state index in [1.807, 2.05) is 37.3 Å². The van der Waals surface area contributed by atoms with E-state index in [1.165, 1.54) is 0 Å². The molecule has 0 saturated carbocycles. The summed E-state index contributed by atoms with van der Waals surface area (Å²) in [6.07, 6.45) is 0.564.